The first-order valence-electron chi connectivity index (χ1n) is 8.13. The molecule has 3 rings (SSSR count). The Balaban J connectivity index is 2.01. The number of hydrogen-bond acceptors (Lipinski definition) is 6. The van der Waals surface area contributed by atoms with E-state index in [0.29, 0.717) is 22.5 Å². The summed E-state index contributed by atoms with van der Waals surface area (Å²) in [5, 5.41) is 29.8. The van der Waals surface area contributed by atoms with E-state index in [1.807, 2.05) is 0 Å². The molecule has 0 bridgehead atoms. The zero-order valence-electron chi connectivity index (χ0n) is 14.6. The average molecular weight is 362 g/mol. The molecule has 0 fully saturated rings. The molecular weight excluding hydrogens is 344 g/mol. The third-order valence-corrected chi connectivity index (χ3v) is 3.83. The van der Waals surface area contributed by atoms with Crippen molar-refractivity contribution in [1.82, 2.24) is 0 Å². The fourth-order valence-corrected chi connectivity index (χ4v) is 2.39. The normalized spacial score (nSPS) is 11.3. The maximum atomic E-state index is 10.1. The quantitative estimate of drug-likeness (QED) is 0.589. The summed E-state index contributed by atoms with van der Waals surface area (Å²) in [4.78, 5) is 8.70. The summed E-state index contributed by atoms with van der Waals surface area (Å²) in [7, 11) is 1.44. The third-order valence-electron chi connectivity index (χ3n) is 3.83. The van der Waals surface area contributed by atoms with Crippen molar-refractivity contribution in [3.63, 3.8) is 0 Å². The van der Waals surface area contributed by atoms with Gasteiger partial charge in [-0.2, -0.15) is 0 Å². The molecular formula is C21H18N2O4. The Bertz CT molecular complexity index is 1010. The lowest BCUT2D eigenvalue weighted by molar-refractivity contribution is 0.374. The minimum atomic E-state index is -0.0801. The molecule has 0 aliphatic heterocycles. The van der Waals surface area contributed by atoms with E-state index in [2.05, 4.69) is 9.98 Å². The highest BCUT2D eigenvalue weighted by Gasteiger charge is 2.09. The van der Waals surface area contributed by atoms with Crippen LogP contribution in [-0.4, -0.2) is 34.9 Å². The number of nitrogens with zero attached hydrogens (tertiary/aromatic N) is 2. The Labute approximate surface area is 156 Å². The Morgan fingerprint density at radius 3 is 1.67 bits per heavy atom. The van der Waals surface area contributed by atoms with Gasteiger partial charge in [0.15, 0.2) is 11.5 Å². The molecule has 0 saturated carbocycles. The van der Waals surface area contributed by atoms with E-state index in [4.69, 9.17) is 4.74 Å². The van der Waals surface area contributed by atoms with Gasteiger partial charge >= 0.3 is 0 Å². The number of aromatic hydroxyl groups is 3. The number of para-hydroxylation sites is 2. The zero-order chi connectivity index (χ0) is 19.2. The molecule has 0 saturated heterocycles. The summed E-state index contributed by atoms with van der Waals surface area (Å²) in [6.45, 7) is 0. The molecule has 27 heavy (non-hydrogen) atoms. The fraction of sp³-hybridized carbons (Fsp3) is 0.0476. The standard InChI is InChI=1S/C21H18N2O4/c1-27-21-11-17(23-13-15-7-3-5-9-19(15)25)16(10-20(21)26)22-12-14-6-2-4-8-18(14)24/h2-13,24-26H,1H3/b22-12+,23-13+. The van der Waals surface area contributed by atoms with Gasteiger partial charge in [0, 0.05) is 35.7 Å². The van der Waals surface area contributed by atoms with Crippen molar-refractivity contribution in [2.45, 2.75) is 0 Å². The predicted molar refractivity (Wildman–Crippen MR) is 105 cm³/mol. The van der Waals surface area contributed by atoms with Crippen LogP contribution in [0.2, 0.25) is 0 Å². The van der Waals surface area contributed by atoms with Crippen molar-refractivity contribution < 1.29 is 20.1 Å². The largest absolute Gasteiger partial charge is 0.507 e. The van der Waals surface area contributed by atoms with Gasteiger partial charge < -0.3 is 20.1 Å². The number of benzene rings is 3. The van der Waals surface area contributed by atoms with Gasteiger partial charge in [-0.1, -0.05) is 24.3 Å². The molecule has 0 aromatic heterocycles. The fourth-order valence-electron chi connectivity index (χ4n) is 2.39. The molecule has 0 amide bonds. The van der Waals surface area contributed by atoms with Gasteiger partial charge in [0.1, 0.15) is 11.5 Å². The molecule has 3 N–H and O–H groups in total. The van der Waals surface area contributed by atoms with Gasteiger partial charge in [-0.25, -0.2) is 0 Å². The van der Waals surface area contributed by atoms with E-state index in [1.165, 1.54) is 25.6 Å². The van der Waals surface area contributed by atoms with E-state index < -0.39 is 0 Å². The summed E-state index contributed by atoms with van der Waals surface area (Å²) < 4.78 is 5.13. The second-order valence-corrected chi connectivity index (χ2v) is 5.65. The van der Waals surface area contributed by atoms with Crippen molar-refractivity contribution in [1.29, 1.82) is 0 Å². The number of hydrogen-bond donors (Lipinski definition) is 3. The Hall–Kier alpha value is -3.80. The summed E-state index contributed by atoms with van der Waals surface area (Å²) in [5.74, 6) is 0.369. The number of ether oxygens (including phenoxy) is 1. The van der Waals surface area contributed by atoms with Gasteiger partial charge in [-0.15, -0.1) is 0 Å². The summed E-state index contributed by atoms with van der Waals surface area (Å²) in [6.07, 6.45) is 2.98. The topological polar surface area (TPSA) is 94.6 Å². The second kappa shape index (κ2) is 8.05. The van der Waals surface area contributed by atoms with Gasteiger partial charge in [0.2, 0.25) is 0 Å². The van der Waals surface area contributed by atoms with Crippen LogP contribution in [0.25, 0.3) is 0 Å². The first-order chi connectivity index (χ1) is 13.1. The molecule has 6 heteroatoms. The first kappa shape index (κ1) is 18.0. The molecule has 3 aromatic rings. The number of aliphatic imine (C=N–C) groups is 2. The summed E-state index contributed by atoms with van der Waals surface area (Å²) >= 11 is 0. The Morgan fingerprint density at radius 1 is 0.704 bits per heavy atom. The molecule has 0 aliphatic carbocycles. The lowest BCUT2D eigenvalue weighted by Crippen LogP contribution is -1.86. The van der Waals surface area contributed by atoms with E-state index in [1.54, 1.807) is 54.6 Å². The van der Waals surface area contributed by atoms with E-state index in [0.717, 1.165) is 0 Å². The van der Waals surface area contributed by atoms with Crippen molar-refractivity contribution >= 4 is 23.8 Å². The highest BCUT2D eigenvalue weighted by molar-refractivity contribution is 5.90. The molecule has 0 heterocycles. The zero-order valence-corrected chi connectivity index (χ0v) is 14.6. The van der Waals surface area contributed by atoms with Crippen LogP contribution >= 0.6 is 0 Å². The molecule has 0 radical (unpaired) electrons. The van der Waals surface area contributed by atoms with Crippen molar-refractivity contribution in [2.24, 2.45) is 9.98 Å². The number of phenols is 3. The van der Waals surface area contributed by atoms with Crippen LogP contribution in [0.15, 0.2) is 70.6 Å². The third kappa shape index (κ3) is 4.24. The van der Waals surface area contributed by atoms with Crippen molar-refractivity contribution in [3.05, 3.63) is 71.8 Å². The van der Waals surface area contributed by atoms with Gasteiger partial charge in [0.25, 0.3) is 0 Å². The van der Waals surface area contributed by atoms with Gasteiger partial charge in [0.05, 0.1) is 18.5 Å². The maximum absolute atomic E-state index is 10.1. The monoisotopic (exact) mass is 362 g/mol. The highest BCUT2D eigenvalue weighted by Crippen LogP contribution is 2.39. The van der Waals surface area contributed by atoms with Crippen LogP contribution < -0.4 is 4.74 Å². The van der Waals surface area contributed by atoms with Gasteiger partial charge in [-0.3, -0.25) is 9.98 Å². The molecule has 136 valence electrons. The molecule has 0 atom stereocenters. The van der Waals surface area contributed by atoms with E-state index in [-0.39, 0.29) is 23.0 Å². The van der Waals surface area contributed by atoms with E-state index >= 15 is 0 Å². The first-order valence-corrected chi connectivity index (χ1v) is 8.13. The molecule has 0 aliphatic rings. The average Bonchev–Trinajstić information content (AvgIpc) is 2.67. The smallest absolute Gasteiger partial charge is 0.162 e. The maximum Gasteiger partial charge on any atom is 0.162 e. The van der Waals surface area contributed by atoms with Crippen LogP contribution in [0.3, 0.4) is 0 Å². The number of phenolic OH excluding ortho intramolecular Hbond substituents is 3. The van der Waals surface area contributed by atoms with Crippen molar-refractivity contribution in [3.8, 4) is 23.0 Å². The van der Waals surface area contributed by atoms with Gasteiger partial charge in [-0.05, 0) is 24.3 Å². The molecule has 0 spiro atoms. The summed E-state index contributed by atoms with van der Waals surface area (Å²) in [6, 6.07) is 16.5. The lowest BCUT2D eigenvalue weighted by atomic mass is 10.2. The minimum absolute atomic E-state index is 0.0801. The minimum Gasteiger partial charge on any atom is -0.507 e. The van der Waals surface area contributed by atoms with Crippen LogP contribution in [0, 0.1) is 0 Å². The lowest BCUT2D eigenvalue weighted by Gasteiger charge is -2.07. The number of rotatable bonds is 5. The second-order valence-electron chi connectivity index (χ2n) is 5.65. The van der Waals surface area contributed by atoms with Crippen molar-refractivity contribution in [2.75, 3.05) is 7.11 Å². The number of methoxy groups -OCH3 is 1. The predicted octanol–water partition coefficient (Wildman–Crippen LogP) is 4.31. The van der Waals surface area contributed by atoms with Crippen LogP contribution in [0.1, 0.15) is 11.1 Å². The Morgan fingerprint density at radius 2 is 1.19 bits per heavy atom. The molecule has 6 nitrogen and oxygen atoms in total. The van der Waals surface area contributed by atoms with Crippen LogP contribution in [0.4, 0.5) is 11.4 Å². The van der Waals surface area contributed by atoms with E-state index in [9.17, 15) is 15.3 Å². The molecule has 3 aromatic carbocycles. The summed E-state index contributed by atoms with van der Waals surface area (Å²) in [5.41, 5.74) is 1.88. The van der Waals surface area contributed by atoms with Crippen LogP contribution in [-0.2, 0) is 0 Å². The SMILES string of the molecule is COc1cc(/N=C/c2ccccc2O)c(/N=C/c2ccccc2O)cc1O. The van der Waals surface area contributed by atoms with Crippen LogP contribution in [0.5, 0.6) is 23.0 Å². The molecule has 0 unspecified atom stereocenters. The Kier molecular flexibility index (Phi) is 5.37. The highest BCUT2D eigenvalue weighted by atomic mass is 16.5.